The van der Waals surface area contributed by atoms with Crippen LogP contribution in [-0.2, 0) is 10.0 Å². The summed E-state index contributed by atoms with van der Waals surface area (Å²) in [5, 5.41) is 7.30. The highest BCUT2D eigenvalue weighted by atomic mass is 79.9. The number of aromatic amines is 1. The van der Waals surface area contributed by atoms with Crippen LogP contribution in [0.4, 0.5) is 5.69 Å². The second-order valence-electron chi connectivity index (χ2n) is 6.31. The lowest BCUT2D eigenvalue weighted by atomic mass is 10.1. The van der Waals surface area contributed by atoms with Gasteiger partial charge in [-0.15, -0.1) is 11.3 Å². The molecule has 0 saturated heterocycles. The van der Waals surface area contributed by atoms with Crippen LogP contribution in [0.1, 0.15) is 26.6 Å². The number of benzene rings is 1. The number of hydrogen-bond acceptors (Lipinski definition) is 4. The SMILES string of the molecule is Cc1cc(NS(=O)(=O)c2c(C)sc(C)c2-c2n[nH]c(C)c2C)ccc1Br. The summed E-state index contributed by atoms with van der Waals surface area (Å²) < 4.78 is 30.0. The van der Waals surface area contributed by atoms with Crippen LogP contribution in [0.15, 0.2) is 27.6 Å². The molecule has 0 radical (unpaired) electrons. The molecule has 0 fully saturated rings. The van der Waals surface area contributed by atoms with Gasteiger partial charge in [-0.1, -0.05) is 15.9 Å². The van der Waals surface area contributed by atoms with Crippen molar-refractivity contribution in [3.63, 3.8) is 0 Å². The Labute approximate surface area is 166 Å². The Hall–Kier alpha value is -1.64. The largest absolute Gasteiger partial charge is 0.282 e. The first-order valence-corrected chi connectivity index (χ1v) is 11.1. The summed E-state index contributed by atoms with van der Waals surface area (Å²) in [6, 6.07) is 5.38. The fraction of sp³-hybridized carbons (Fsp3) is 0.278. The Morgan fingerprint density at radius 2 is 1.81 bits per heavy atom. The molecule has 0 saturated carbocycles. The first-order valence-electron chi connectivity index (χ1n) is 8.02. The number of nitrogens with one attached hydrogen (secondary N) is 2. The maximum atomic E-state index is 13.2. The second kappa shape index (κ2) is 6.83. The number of aryl methyl sites for hydroxylation is 4. The Kier molecular flexibility index (Phi) is 5.02. The van der Waals surface area contributed by atoms with Gasteiger partial charge in [-0.3, -0.25) is 9.82 Å². The van der Waals surface area contributed by atoms with E-state index in [9.17, 15) is 8.42 Å². The number of aromatic nitrogens is 2. The fourth-order valence-electron chi connectivity index (χ4n) is 2.90. The number of hydrogen-bond donors (Lipinski definition) is 2. The molecular formula is C18H20BrN3O2S2. The highest BCUT2D eigenvalue weighted by Crippen LogP contribution is 2.40. The van der Waals surface area contributed by atoms with E-state index in [2.05, 4.69) is 30.8 Å². The van der Waals surface area contributed by atoms with Crippen molar-refractivity contribution in [3.05, 3.63) is 49.2 Å². The van der Waals surface area contributed by atoms with E-state index in [4.69, 9.17) is 0 Å². The Bertz CT molecular complexity index is 1100. The molecule has 0 bridgehead atoms. The summed E-state index contributed by atoms with van der Waals surface area (Å²) in [5.41, 5.74) is 4.76. The summed E-state index contributed by atoms with van der Waals surface area (Å²) in [7, 11) is -3.75. The normalized spacial score (nSPS) is 11.8. The lowest BCUT2D eigenvalue weighted by Crippen LogP contribution is -2.14. The van der Waals surface area contributed by atoms with Crippen LogP contribution < -0.4 is 4.72 Å². The van der Waals surface area contributed by atoms with Gasteiger partial charge >= 0.3 is 0 Å². The van der Waals surface area contributed by atoms with Crippen LogP contribution in [0.3, 0.4) is 0 Å². The molecule has 1 aromatic carbocycles. The lowest BCUT2D eigenvalue weighted by Gasteiger charge is -2.11. The summed E-state index contributed by atoms with van der Waals surface area (Å²) >= 11 is 4.91. The number of sulfonamides is 1. The number of nitrogens with zero attached hydrogens (tertiary/aromatic N) is 1. The molecule has 8 heteroatoms. The third-order valence-electron chi connectivity index (χ3n) is 4.37. The number of halogens is 1. The van der Waals surface area contributed by atoms with E-state index in [-0.39, 0.29) is 0 Å². The van der Waals surface area contributed by atoms with E-state index >= 15 is 0 Å². The molecule has 26 heavy (non-hydrogen) atoms. The first kappa shape index (κ1) is 19.1. The fourth-order valence-corrected chi connectivity index (χ4v) is 6.06. The molecule has 0 aliphatic rings. The van der Waals surface area contributed by atoms with Crippen molar-refractivity contribution in [2.24, 2.45) is 0 Å². The smallest absolute Gasteiger partial charge is 0.263 e. The van der Waals surface area contributed by atoms with Gasteiger partial charge in [0.1, 0.15) is 4.90 Å². The summed E-state index contributed by atoms with van der Waals surface area (Å²) in [6.45, 7) is 9.56. The van der Waals surface area contributed by atoms with Gasteiger partial charge in [0.05, 0.1) is 5.69 Å². The predicted octanol–water partition coefficient (Wildman–Crippen LogP) is 5.24. The van der Waals surface area contributed by atoms with E-state index in [1.807, 2.05) is 40.7 Å². The number of anilines is 1. The standard InChI is InChI=1S/C18H20BrN3O2S2/c1-9-8-14(6-7-15(9)19)22-26(23,24)18-13(5)25-12(4)16(18)17-10(2)11(3)20-21-17/h6-8,22H,1-5H3,(H,20,21). The molecule has 138 valence electrons. The van der Waals surface area contributed by atoms with Crippen LogP contribution in [-0.4, -0.2) is 18.6 Å². The third kappa shape index (κ3) is 3.33. The van der Waals surface area contributed by atoms with Gasteiger partial charge in [0.2, 0.25) is 0 Å². The quantitative estimate of drug-likeness (QED) is 0.566. The Morgan fingerprint density at radius 1 is 1.12 bits per heavy atom. The van der Waals surface area contributed by atoms with Crippen LogP contribution >= 0.6 is 27.3 Å². The minimum absolute atomic E-state index is 0.301. The van der Waals surface area contributed by atoms with E-state index < -0.39 is 10.0 Å². The summed E-state index contributed by atoms with van der Waals surface area (Å²) in [5.74, 6) is 0. The molecule has 2 heterocycles. The Balaban J connectivity index is 2.13. The van der Waals surface area contributed by atoms with Gasteiger partial charge in [-0.2, -0.15) is 5.10 Å². The highest BCUT2D eigenvalue weighted by molar-refractivity contribution is 9.10. The minimum Gasteiger partial charge on any atom is -0.282 e. The molecular weight excluding hydrogens is 434 g/mol. The van der Waals surface area contributed by atoms with Gasteiger partial charge in [-0.05, 0) is 63.9 Å². The molecule has 3 rings (SSSR count). The molecule has 3 aromatic rings. The van der Waals surface area contributed by atoms with Crippen LogP contribution in [0.2, 0.25) is 0 Å². The van der Waals surface area contributed by atoms with Crippen molar-refractivity contribution in [2.75, 3.05) is 4.72 Å². The number of H-pyrrole nitrogens is 1. The topological polar surface area (TPSA) is 74.8 Å². The van der Waals surface area contributed by atoms with Crippen LogP contribution in [0.25, 0.3) is 11.3 Å². The third-order valence-corrected chi connectivity index (χ3v) is 7.97. The van der Waals surface area contributed by atoms with Gasteiger partial charge in [0.15, 0.2) is 0 Å². The van der Waals surface area contributed by atoms with Crippen molar-refractivity contribution in [2.45, 2.75) is 39.5 Å². The molecule has 0 atom stereocenters. The first-order chi connectivity index (χ1) is 12.1. The van der Waals surface area contributed by atoms with Crippen molar-refractivity contribution < 1.29 is 8.42 Å². The number of rotatable bonds is 4. The zero-order chi connectivity index (χ0) is 19.2. The summed E-state index contributed by atoms with van der Waals surface area (Å²) in [6.07, 6.45) is 0. The molecule has 0 spiro atoms. The van der Waals surface area contributed by atoms with Gasteiger partial charge < -0.3 is 0 Å². The van der Waals surface area contributed by atoms with Crippen molar-refractivity contribution >= 4 is 43.0 Å². The zero-order valence-corrected chi connectivity index (χ0v) is 18.4. The average molecular weight is 454 g/mol. The van der Waals surface area contributed by atoms with Crippen molar-refractivity contribution in [1.29, 1.82) is 0 Å². The molecule has 2 N–H and O–H groups in total. The molecule has 5 nitrogen and oxygen atoms in total. The second-order valence-corrected chi connectivity index (χ2v) is 10.2. The molecule has 2 aromatic heterocycles. The van der Waals surface area contributed by atoms with Gasteiger partial charge in [0.25, 0.3) is 10.0 Å². The maximum absolute atomic E-state index is 13.2. The van der Waals surface area contributed by atoms with Crippen LogP contribution in [0, 0.1) is 34.6 Å². The van der Waals surface area contributed by atoms with E-state index in [1.54, 1.807) is 12.1 Å². The van der Waals surface area contributed by atoms with E-state index in [0.29, 0.717) is 21.8 Å². The Morgan fingerprint density at radius 3 is 2.38 bits per heavy atom. The molecule has 0 aliphatic heterocycles. The van der Waals surface area contributed by atoms with Crippen LogP contribution in [0.5, 0.6) is 0 Å². The zero-order valence-electron chi connectivity index (χ0n) is 15.2. The van der Waals surface area contributed by atoms with Crippen molar-refractivity contribution in [1.82, 2.24) is 10.2 Å². The van der Waals surface area contributed by atoms with Gasteiger partial charge in [-0.25, -0.2) is 8.42 Å². The van der Waals surface area contributed by atoms with Gasteiger partial charge in [0, 0.05) is 31.2 Å². The summed E-state index contributed by atoms with van der Waals surface area (Å²) in [4.78, 5) is 1.98. The van der Waals surface area contributed by atoms with Crippen molar-refractivity contribution in [3.8, 4) is 11.3 Å². The highest BCUT2D eigenvalue weighted by Gasteiger charge is 2.28. The average Bonchev–Trinajstić information content (AvgIpc) is 3.02. The molecule has 0 aliphatic carbocycles. The maximum Gasteiger partial charge on any atom is 0.263 e. The monoisotopic (exact) mass is 453 g/mol. The number of thiophene rings is 1. The van der Waals surface area contributed by atoms with E-state index in [1.165, 1.54) is 11.3 Å². The predicted molar refractivity (Wildman–Crippen MR) is 111 cm³/mol. The molecule has 0 amide bonds. The lowest BCUT2D eigenvalue weighted by molar-refractivity contribution is 0.601. The van der Waals surface area contributed by atoms with E-state index in [0.717, 1.165) is 31.0 Å². The molecule has 0 unspecified atom stereocenters. The minimum atomic E-state index is -3.75.